The first-order chi connectivity index (χ1) is 8.28. The quantitative estimate of drug-likeness (QED) is 0.724. The Balaban J connectivity index is 0.00000324. The zero-order chi connectivity index (χ0) is 13.8. The highest BCUT2D eigenvalue weighted by molar-refractivity contribution is 5.86. The molecule has 5 nitrogen and oxygen atoms in total. The number of nitrogens with two attached hydrogens (primary N) is 1. The maximum atomic E-state index is 11.9. The van der Waals surface area contributed by atoms with E-state index in [1.807, 2.05) is 20.8 Å². The smallest absolute Gasteiger partial charge is 0.239 e. The predicted molar refractivity (Wildman–Crippen MR) is 78.1 cm³/mol. The van der Waals surface area contributed by atoms with Gasteiger partial charge in [0, 0.05) is 17.5 Å². The minimum absolute atomic E-state index is 0. The van der Waals surface area contributed by atoms with Gasteiger partial charge in [-0.15, -0.1) is 12.4 Å². The van der Waals surface area contributed by atoms with Crippen molar-refractivity contribution in [1.82, 2.24) is 10.6 Å². The van der Waals surface area contributed by atoms with Crippen molar-refractivity contribution >= 4 is 24.2 Å². The SMILES string of the molecule is CC(C)(C)NC(=O)CNC(=O)C1CCCC(N)C1.Cl. The molecule has 1 aliphatic carbocycles. The van der Waals surface area contributed by atoms with Crippen LogP contribution in [0.5, 0.6) is 0 Å². The van der Waals surface area contributed by atoms with Crippen molar-refractivity contribution in [2.75, 3.05) is 6.54 Å². The fraction of sp³-hybridized carbons (Fsp3) is 0.846. The van der Waals surface area contributed by atoms with E-state index in [-0.39, 0.29) is 48.3 Å². The second-order valence-corrected chi connectivity index (χ2v) is 6.14. The molecule has 0 bridgehead atoms. The Morgan fingerprint density at radius 3 is 2.42 bits per heavy atom. The summed E-state index contributed by atoms with van der Waals surface area (Å²) < 4.78 is 0. The normalized spacial score (nSPS) is 23.2. The monoisotopic (exact) mass is 291 g/mol. The fourth-order valence-electron chi connectivity index (χ4n) is 2.24. The largest absolute Gasteiger partial charge is 0.350 e. The fourth-order valence-corrected chi connectivity index (χ4v) is 2.24. The van der Waals surface area contributed by atoms with Crippen molar-refractivity contribution in [2.45, 2.75) is 58.0 Å². The van der Waals surface area contributed by atoms with Crippen LogP contribution >= 0.6 is 12.4 Å². The van der Waals surface area contributed by atoms with Gasteiger partial charge in [-0.3, -0.25) is 9.59 Å². The molecule has 1 fully saturated rings. The Hall–Kier alpha value is -0.810. The van der Waals surface area contributed by atoms with Crippen molar-refractivity contribution in [3.8, 4) is 0 Å². The topological polar surface area (TPSA) is 84.2 Å². The molecule has 0 heterocycles. The summed E-state index contributed by atoms with van der Waals surface area (Å²) in [5.41, 5.74) is 5.57. The van der Waals surface area contributed by atoms with E-state index in [1.165, 1.54) is 0 Å². The molecule has 0 aromatic rings. The first kappa shape index (κ1) is 18.2. The van der Waals surface area contributed by atoms with Crippen LogP contribution in [0.3, 0.4) is 0 Å². The molecule has 4 N–H and O–H groups in total. The average molecular weight is 292 g/mol. The number of nitrogens with one attached hydrogen (secondary N) is 2. The minimum Gasteiger partial charge on any atom is -0.350 e. The average Bonchev–Trinajstić information content (AvgIpc) is 2.23. The van der Waals surface area contributed by atoms with Gasteiger partial charge in [0.25, 0.3) is 0 Å². The van der Waals surface area contributed by atoms with E-state index in [2.05, 4.69) is 10.6 Å². The van der Waals surface area contributed by atoms with E-state index in [0.29, 0.717) is 0 Å². The van der Waals surface area contributed by atoms with Crippen molar-refractivity contribution in [1.29, 1.82) is 0 Å². The lowest BCUT2D eigenvalue weighted by molar-refractivity contribution is -0.129. The molecule has 0 radical (unpaired) electrons. The summed E-state index contributed by atoms with van der Waals surface area (Å²) in [7, 11) is 0. The van der Waals surface area contributed by atoms with Gasteiger partial charge in [0.1, 0.15) is 0 Å². The Bertz CT molecular complexity index is 316. The Morgan fingerprint density at radius 2 is 1.89 bits per heavy atom. The highest BCUT2D eigenvalue weighted by Gasteiger charge is 2.25. The predicted octanol–water partition coefficient (Wildman–Crippen LogP) is 0.957. The molecule has 112 valence electrons. The molecule has 2 unspecified atom stereocenters. The molecular weight excluding hydrogens is 266 g/mol. The minimum atomic E-state index is -0.269. The number of hydrogen-bond acceptors (Lipinski definition) is 3. The van der Waals surface area contributed by atoms with Gasteiger partial charge in [0.2, 0.25) is 11.8 Å². The third-order valence-corrected chi connectivity index (χ3v) is 3.02. The Labute approximate surface area is 121 Å². The van der Waals surface area contributed by atoms with Crippen molar-refractivity contribution in [3.63, 3.8) is 0 Å². The summed E-state index contributed by atoms with van der Waals surface area (Å²) in [6, 6.07) is 0.123. The van der Waals surface area contributed by atoms with Gasteiger partial charge in [-0.2, -0.15) is 0 Å². The zero-order valence-electron chi connectivity index (χ0n) is 12.0. The van der Waals surface area contributed by atoms with E-state index >= 15 is 0 Å². The summed E-state index contributed by atoms with van der Waals surface area (Å²) in [6.07, 6.45) is 3.59. The zero-order valence-corrected chi connectivity index (χ0v) is 12.8. The maximum Gasteiger partial charge on any atom is 0.239 e. The van der Waals surface area contributed by atoms with Crippen LogP contribution in [0.25, 0.3) is 0 Å². The first-order valence-electron chi connectivity index (χ1n) is 6.62. The van der Waals surface area contributed by atoms with Gasteiger partial charge in [-0.25, -0.2) is 0 Å². The number of carbonyl (C=O) groups excluding carboxylic acids is 2. The third-order valence-electron chi connectivity index (χ3n) is 3.02. The second-order valence-electron chi connectivity index (χ2n) is 6.14. The number of hydrogen-bond donors (Lipinski definition) is 3. The molecule has 6 heteroatoms. The van der Waals surface area contributed by atoms with Crippen LogP contribution in [0.4, 0.5) is 0 Å². The van der Waals surface area contributed by atoms with E-state index < -0.39 is 0 Å². The lowest BCUT2D eigenvalue weighted by atomic mass is 9.85. The summed E-state index contributed by atoms with van der Waals surface area (Å²) in [5, 5.41) is 5.50. The molecule has 0 spiro atoms. The van der Waals surface area contributed by atoms with Crippen molar-refractivity contribution in [3.05, 3.63) is 0 Å². The molecule has 0 aromatic carbocycles. The van der Waals surface area contributed by atoms with Crippen molar-refractivity contribution < 1.29 is 9.59 Å². The molecule has 19 heavy (non-hydrogen) atoms. The van der Waals surface area contributed by atoms with Crippen LogP contribution in [0.2, 0.25) is 0 Å². The van der Waals surface area contributed by atoms with E-state index in [4.69, 9.17) is 5.73 Å². The van der Waals surface area contributed by atoms with Gasteiger partial charge in [0.15, 0.2) is 0 Å². The van der Waals surface area contributed by atoms with Gasteiger partial charge in [0.05, 0.1) is 6.54 Å². The van der Waals surface area contributed by atoms with Crippen LogP contribution in [0, 0.1) is 5.92 Å². The molecule has 0 aliphatic heterocycles. The summed E-state index contributed by atoms with van der Waals surface area (Å²) in [6.45, 7) is 5.77. The number of carbonyl (C=O) groups is 2. The molecular formula is C13H26ClN3O2. The van der Waals surface area contributed by atoms with Gasteiger partial charge >= 0.3 is 0 Å². The summed E-state index contributed by atoms with van der Waals surface area (Å²) in [4.78, 5) is 23.4. The Morgan fingerprint density at radius 1 is 1.26 bits per heavy atom. The molecule has 1 aliphatic rings. The van der Waals surface area contributed by atoms with Crippen LogP contribution in [0.1, 0.15) is 46.5 Å². The molecule has 0 aromatic heterocycles. The lowest BCUT2D eigenvalue weighted by Crippen LogP contribution is -2.47. The molecule has 2 atom stereocenters. The lowest BCUT2D eigenvalue weighted by Gasteiger charge is -2.26. The first-order valence-corrected chi connectivity index (χ1v) is 6.62. The number of halogens is 1. The van der Waals surface area contributed by atoms with E-state index in [0.717, 1.165) is 25.7 Å². The van der Waals surface area contributed by atoms with Gasteiger partial charge in [-0.1, -0.05) is 6.42 Å². The van der Waals surface area contributed by atoms with Crippen molar-refractivity contribution in [2.24, 2.45) is 11.7 Å². The molecule has 1 rings (SSSR count). The van der Waals surface area contributed by atoms with E-state index in [1.54, 1.807) is 0 Å². The standard InChI is InChI=1S/C13H25N3O2.ClH/c1-13(2,3)16-11(17)8-15-12(18)9-5-4-6-10(14)7-9;/h9-10H,4-8,14H2,1-3H3,(H,15,18)(H,16,17);1H. The summed E-state index contributed by atoms with van der Waals surface area (Å²) >= 11 is 0. The highest BCUT2D eigenvalue weighted by Crippen LogP contribution is 2.22. The summed E-state index contributed by atoms with van der Waals surface area (Å²) in [5.74, 6) is -0.235. The number of rotatable bonds is 3. The van der Waals surface area contributed by atoms with Crippen LogP contribution in [0.15, 0.2) is 0 Å². The van der Waals surface area contributed by atoms with Gasteiger partial charge < -0.3 is 16.4 Å². The molecule has 0 saturated heterocycles. The Kier molecular flexibility index (Phi) is 7.37. The number of amides is 2. The van der Waals surface area contributed by atoms with Crippen LogP contribution in [-0.4, -0.2) is 29.9 Å². The molecule has 1 saturated carbocycles. The van der Waals surface area contributed by atoms with E-state index in [9.17, 15) is 9.59 Å². The van der Waals surface area contributed by atoms with Crippen LogP contribution < -0.4 is 16.4 Å². The third kappa shape index (κ3) is 7.38. The second kappa shape index (κ2) is 7.70. The van der Waals surface area contributed by atoms with Crippen LogP contribution in [-0.2, 0) is 9.59 Å². The maximum absolute atomic E-state index is 11.9. The highest BCUT2D eigenvalue weighted by atomic mass is 35.5. The molecule has 2 amide bonds. The van der Waals surface area contributed by atoms with Gasteiger partial charge in [-0.05, 0) is 40.0 Å².